The molecule has 0 spiro atoms. The summed E-state index contributed by atoms with van der Waals surface area (Å²) in [5, 5.41) is 3.24. The predicted molar refractivity (Wildman–Crippen MR) is 68.3 cm³/mol. The topological polar surface area (TPSA) is 38.3 Å². The Balaban J connectivity index is 2.67. The number of ether oxygens (including phenoxy) is 1. The van der Waals surface area contributed by atoms with Crippen molar-refractivity contribution in [3.05, 3.63) is 47.2 Å². The number of hydrogen-bond acceptors (Lipinski definition) is 3. The molecule has 0 aliphatic carbocycles. The van der Waals surface area contributed by atoms with Crippen LogP contribution in [0.15, 0.2) is 41.6 Å². The Morgan fingerprint density at radius 3 is 2.47 bits per heavy atom. The number of methoxy groups -OCH3 is 1. The van der Waals surface area contributed by atoms with E-state index in [-0.39, 0.29) is 5.97 Å². The monoisotopic (exact) mass is 233 g/mol. The summed E-state index contributed by atoms with van der Waals surface area (Å²) in [4.78, 5) is 11.5. The first kappa shape index (κ1) is 13.3. The van der Waals surface area contributed by atoms with Crippen molar-refractivity contribution in [2.24, 2.45) is 0 Å². The lowest BCUT2D eigenvalue weighted by molar-refractivity contribution is -0.136. The van der Waals surface area contributed by atoms with Gasteiger partial charge in [-0.05, 0) is 18.9 Å². The van der Waals surface area contributed by atoms with Gasteiger partial charge in [0.1, 0.15) is 0 Å². The smallest absolute Gasteiger partial charge is 0.335 e. The van der Waals surface area contributed by atoms with Crippen LogP contribution in [-0.2, 0) is 16.1 Å². The van der Waals surface area contributed by atoms with E-state index in [2.05, 4.69) is 5.32 Å². The van der Waals surface area contributed by atoms with Crippen molar-refractivity contribution in [1.82, 2.24) is 5.32 Å². The highest BCUT2D eigenvalue weighted by Gasteiger charge is 2.10. The van der Waals surface area contributed by atoms with Gasteiger partial charge in [0.05, 0.1) is 12.7 Å². The molecule has 17 heavy (non-hydrogen) atoms. The lowest BCUT2D eigenvalue weighted by atomic mass is 10.1. The lowest BCUT2D eigenvalue weighted by Crippen LogP contribution is -2.17. The molecule has 0 bridgehead atoms. The molecule has 0 amide bonds. The average Bonchev–Trinajstić information content (AvgIpc) is 2.38. The van der Waals surface area contributed by atoms with Crippen LogP contribution >= 0.6 is 0 Å². The number of hydrogen-bond donors (Lipinski definition) is 1. The number of nitrogens with one attached hydrogen (secondary N) is 1. The number of benzene rings is 1. The fraction of sp³-hybridized carbons (Fsp3) is 0.357. The highest BCUT2D eigenvalue weighted by molar-refractivity contribution is 5.88. The normalized spacial score (nSPS) is 11.7. The van der Waals surface area contributed by atoms with Crippen molar-refractivity contribution < 1.29 is 9.53 Å². The second-order valence-corrected chi connectivity index (χ2v) is 3.79. The van der Waals surface area contributed by atoms with E-state index in [0.717, 1.165) is 5.70 Å². The van der Waals surface area contributed by atoms with E-state index >= 15 is 0 Å². The van der Waals surface area contributed by atoms with Crippen molar-refractivity contribution in [3.8, 4) is 0 Å². The fourth-order valence-corrected chi connectivity index (χ4v) is 1.62. The van der Waals surface area contributed by atoms with Gasteiger partial charge in [-0.25, -0.2) is 4.79 Å². The summed E-state index contributed by atoms with van der Waals surface area (Å²) >= 11 is 0. The van der Waals surface area contributed by atoms with Crippen LogP contribution in [0.4, 0.5) is 0 Å². The molecule has 0 unspecified atom stereocenters. The third-order valence-electron chi connectivity index (χ3n) is 2.64. The Bertz CT molecular complexity index is 396. The summed E-state index contributed by atoms with van der Waals surface area (Å²) in [7, 11) is 1.41. The van der Waals surface area contributed by atoms with Gasteiger partial charge in [-0.2, -0.15) is 0 Å². The predicted octanol–water partition coefficient (Wildman–Crippen LogP) is 2.63. The maximum Gasteiger partial charge on any atom is 0.335 e. The molecule has 0 heterocycles. The van der Waals surface area contributed by atoms with E-state index < -0.39 is 0 Å². The second-order valence-electron chi connectivity index (χ2n) is 3.79. The van der Waals surface area contributed by atoms with Crippen LogP contribution in [0.1, 0.15) is 25.8 Å². The zero-order valence-electron chi connectivity index (χ0n) is 10.6. The summed E-state index contributed by atoms with van der Waals surface area (Å²) in [6, 6.07) is 10.1. The minimum atomic E-state index is -0.259. The molecule has 0 aliphatic heterocycles. The zero-order valence-corrected chi connectivity index (χ0v) is 10.6. The molecule has 1 aromatic carbocycles. The largest absolute Gasteiger partial charge is 0.466 e. The number of rotatable bonds is 5. The Kier molecular flexibility index (Phi) is 5.27. The summed E-state index contributed by atoms with van der Waals surface area (Å²) in [6.07, 6.45) is 0.667. The van der Waals surface area contributed by atoms with Gasteiger partial charge in [0.15, 0.2) is 0 Å². The number of allylic oxidation sites excluding steroid dienone is 1. The Labute approximate surface area is 102 Å². The highest BCUT2D eigenvalue weighted by Crippen LogP contribution is 2.09. The minimum Gasteiger partial charge on any atom is -0.466 e. The van der Waals surface area contributed by atoms with E-state index in [1.165, 1.54) is 12.7 Å². The van der Waals surface area contributed by atoms with Gasteiger partial charge in [0.2, 0.25) is 0 Å². The average molecular weight is 233 g/mol. The van der Waals surface area contributed by atoms with Crippen molar-refractivity contribution in [2.45, 2.75) is 26.8 Å². The quantitative estimate of drug-likeness (QED) is 0.627. The third-order valence-corrected chi connectivity index (χ3v) is 2.64. The van der Waals surface area contributed by atoms with Crippen LogP contribution in [0, 0.1) is 0 Å². The highest BCUT2D eigenvalue weighted by atomic mass is 16.5. The third kappa shape index (κ3) is 3.94. The van der Waals surface area contributed by atoms with Gasteiger partial charge in [-0.15, -0.1) is 0 Å². The van der Waals surface area contributed by atoms with Crippen LogP contribution in [0.3, 0.4) is 0 Å². The van der Waals surface area contributed by atoms with Crippen LogP contribution in [-0.4, -0.2) is 13.1 Å². The maximum atomic E-state index is 11.5. The number of carbonyl (C=O) groups is 1. The lowest BCUT2D eigenvalue weighted by Gasteiger charge is -2.11. The van der Waals surface area contributed by atoms with Crippen molar-refractivity contribution >= 4 is 5.97 Å². The first-order chi connectivity index (χ1) is 8.19. The van der Waals surface area contributed by atoms with Gasteiger partial charge < -0.3 is 10.1 Å². The molecule has 0 radical (unpaired) electrons. The molecule has 1 rings (SSSR count). The van der Waals surface area contributed by atoms with E-state index in [4.69, 9.17) is 4.74 Å². The van der Waals surface area contributed by atoms with Crippen molar-refractivity contribution in [2.75, 3.05) is 7.11 Å². The fourth-order valence-electron chi connectivity index (χ4n) is 1.62. The molecule has 92 valence electrons. The molecule has 3 heteroatoms. The number of esters is 1. The first-order valence-electron chi connectivity index (χ1n) is 5.74. The van der Waals surface area contributed by atoms with Gasteiger partial charge in [-0.3, -0.25) is 0 Å². The first-order valence-corrected chi connectivity index (χ1v) is 5.74. The molecule has 1 N–H and O–H groups in total. The van der Waals surface area contributed by atoms with Gasteiger partial charge in [0, 0.05) is 12.2 Å². The molecular weight excluding hydrogens is 214 g/mol. The summed E-state index contributed by atoms with van der Waals surface area (Å²) in [5.74, 6) is -0.259. The summed E-state index contributed by atoms with van der Waals surface area (Å²) in [5.41, 5.74) is 2.76. The Morgan fingerprint density at radius 2 is 1.94 bits per heavy atom. The Hall–Kier alpha value is -1.77. The second kappa shape index (κ2) is 6.74. The molecule has 0 saturated heterocycles. The maximum absolute atomic E-state index is 11.5. The van der Waals surface area contributed by atoms with Gasteiger partial charge >= 0.3 is 5.97 Å². The minimum absolute atomic E-state index is 0.259. The summed E-state index contributed by atoms with van der Waals surface area (Å²) < 4.78 is 4.74. The van der Waals surface area contributed by atoms with Gasteiger partial charge in [0.25, 0.3) is 0 Å². The van der Waals surface area contributed by atoms with Crippen LogP contribution < -0.4 is 5.32 Å². The Morgan fingerprint density at radius 1 is 1.29 bits per heavy atom. The molecule has 1 aromatic rings. The SMILES string of the molecule is CCC(C(=O)OC)=C(C)NCc1ccccc1. The molecule has 0 saturated carbocycles. The molecular formula is C14H19NO2. The summed E-state index contributed by atoms with van der Waals surface area (Å²) in [6.45, 7) is 4.56. The van der Waals surface area contributed by atoms with E-state index in [1.807, 2.05) is 44.2 Å². The molecule has 0 aliphatic rings. The molecule has 0 fully saturated rings. The van der Waals surface area contributed by atoms with Crippen molar-refractivity contribution in [3.63, 3.8) is 0 Å². The van der Waals surface area contributed by atoms with Gasteiger partial charge in [-0.1, -0.05) is 37.3 Å². The van der Waals surface area contributed by atoms with Crippen LogP contribution in [0.2, 0.25) is 0 Å². The molecule has 0 atom stereocenters. The molecule has 0 aromatic heterocycles. The van der Waals surface area contributed by atoms with E-state index in [1.54, 1.807) is 0 Å². The van der Waals surface area contributed by atoms with E-state index in [0.29, 0.717) is 18.5 Å². The van der Waals surface area contributed by atoms with Crippen molar-refractivity contribution in [1.29, 1.82) is 0 Å². The standard InChI is InChI=1S/C14H19NO2/c1-4-13(14(16)17-3)11(2)15-10-12-8-6-5-7-9-12/h5-9,15H,4,10H2,1-3H3. The number of carbonyl (C=O) groups excluding carboxylic acids is 1. The zero-order chi connectivity index (χ0) is 12.7. The van der Waals surface area contributed by atoms with E-state index in [9.17, 15) is 4.79 Å². The van der Waals surface area contributed by atoms with Crippen LogP contribution in [0.5, 0.6) is 0 Å². The van der Waals surface area contributed by atoms with Crippen LogP contribution in [0.25, 0.3) is 0 Å². The molecule has 3 nitrogen and oxygen atoms in total.